The molecule has 5 heteroatoms. The highest BCUT2D eigenvalue weighted by atomic mass is 19.1. The van der Waals surface area contributed by atoms with Crippen LogP contribution in [0.4, 0.5) is 9.18 Å². The summed E-state index contributed by atoms with van der Waals surface area (Å²) in [6.07, 6.45) is 0. The number of hydrogen-bond acceptors (Lipinski definition) is 2. The van der Waals surface area contributed by atoms with Crippen LogP contribution in [0.2, 0.25) is 0 Å². The van der Waals surface area contributed by atoms with E-state index in [0.29, 0.717) is 24.2 Å². The summed E-state index contributed by atoms with van der Waals surface area (Å²) in [5, 5.41) is 2.31. The predicted molar refractivity (Wildman–Crippen MR) is 69.0 cm³/mol. The highest BCUT2D eigenvalue weighted by molar-refractivity contribution is 5.97. The van der Waals surface area contributed by atoms with E-state index in [1.165, 1.54) is 0 Å². The summed E-state index contributed by atoms with van der Waals surface area (Å²) in [6.45, 7) is 5.95. The number of halogens is 1. The van der Waals surface area contributed by atoms with Gasteiger partial charge in [-0.3, -0.25) is 10.1 Å². The topological polar surface area (TPSA) is 49.4 Å². The molecule has 1 heterocycles. The van der Waals surface area contributed by atoms with Crippen molar-refractivity contribution in [3.8, 4) is 0 Å². The van der Waals surface area contributed by atoms with E-state index in [4.69, 9.17) is 0 Å². The van der Waals surface area contributed by atoms with Gasteiger partial charge in [0.15, 0.2) is 0 Å². The number of nitrogens with one attached hydrogen (secondary N) is 1. The lowest BCUT2D eigenvalue weighted by Gasteiger charge is -2.30. The number of amides is 3. The zero-order valence-electron chi connectivity index (χ0n) is 11.3. The molecule has 1 unspecified atom stereocenters. The third-order valence-electron chi connectivity index (χ3n) is 3.33. The lowest BCUT2D eigenvalue weighted by Crippen LogP contribution is -2.53. The number of carbonyl (C=O) groups is 2. The maximum Gasteiger partial charge on any atom is 0.324 e. The third-order valence-corrected chi connectivity index (χ3v) is 3.33. The molecule has 1 saturated heterocycles. The van der Waals surface area contributed by atoms with Crippen molar-refractivity contribution in [2.24, 2.45) is 5.92 Å². The minimum Gasteiger partial charge on any atom is -0.319 e. The first kappa shape index (κ1) is 13.5. The lowest BCUT2D eigenvalue weighted by atomic mass is 10.0. The number of nitrogens with zero attached hydrogens (tertiary/aromatic N) is 1. The van der Waals surface area contributed by atoms with Crippen LogP contribution >= 0.6 is 0 Å². The molecule has 1 N–H and O–H groups in total. The second kappa shape index (κ2) is 4.99. The van der Waals surface area contributed by atoms with Crippen molar-refractivity contribution in [3.63, 3.8) is 0 Å². The van der Waals surface area contributed by atoms with Crippen LogP contribution < -0.4 is 5.32 Å². The zero-order chi connectivity index (χ0) is 14.2. The summed E-state index contributed by atoms with van der Waals surface area (Å²) in [7, 11) is 0. The predicted octanol–water partition coefficient (Wildman–Crippen LogP) is 2.13. The van der Waals surface area contributed by atoms with Crippen LogP contribution in [-0.2, 0) is 11.3 Å². The van der Waals surface area contributed by atoms with Crippen molar-refractivity contribution in [1.29, 1.82) is 0 Å². The Morgan fingerprint density at radius 2 is 1.89 bits per heavy atom. The SMILES string of the molecule is Cc1cc(CN2CC(C)C(=O)NC2=O)cc(C)c1F. The van der Waals surface area contributed by atoms with Crippen molar-refractivity contribution in [1.82, 2.24) is 10.2 Å². The first-order chi connectivity index (χ1) is 8.88. The number of imide groups is 1. The van der Waals surface area contributed by atoms with Crippen molar-refractivity contribution in [2.45, 2.75) is 27.3 Å². The molecule has 1 aliphatic heterocycles. The summed E-state index contributed by atoms with van der Waals surface area (Å²) in [6, 6.07) is 3.08. The molecule has 102 valence electrons. The normalized spacial score (nSPS) is 19.6. The fourth-order valence-corrected chi connectivity index (χ4v) is 2.29. The highest BCUT2D eigenvalue weighted by Gasteiger charge is 2.29. The van der Waals surface area contributed by atoms with E-state index < -0.39 is 0 Å². The van der Waals surface area contributed by atoms with Gasteiger partial charge < -0.3 is 4.90 Å². The maximum atomic E-state index is 13.5. The smallest absolute Gasteiger partial charge is 0.319 e. The Hall–Kier alpha value is -1.91. The van der Waals surface area contributed by atoms with Crippen LogP contribution in [0.1, 0.15) is 23.6 Å². The summed E-state index contributed by atoms with van der Waals surface area (Å²) in [4.78, 5) is 24.6. The first-order valence-corrected chi connectivity index (χ1v) is 6.24. The number of rotatable bonds is 2. The number of benzene rings is 1. The summed E-state index contributed by atoms with van der Waals surface area (Å²) in [5.74, 6) is -0.677. The van der Waals surface area contributed by atoms with Gasteiger partial charge in [-0.05, 0) is 30.5 Å². The minimum absolute atomic E-state index is 0.213. The largest absolute Gasteiger partial charge is 0.324 e. The van der Waals surface area contributed by atoms with E-state index in [1.807, 2.05) is 0 Å². The first-order valence-electron chi connectivity index (χ1n) is 6.24. The molecular weight excluding hydrogens is 247 g/mol. The van der Waals surface area contributed by atoms with E-state index in [0.717, 1.165) is 5.56 Å². The fraction of sp³-hybridized carbons (Fsp3) is 0.429. The van der Waals surface area contributed by atoms with Gasteiger partial charge in [0.25, 0.3) is 0 Å². The monoisotopic (exact) mass is 264 g/mol. The number of carbonyl (C=O) groups excluding carboxylic acids is 2. The Kier molecular flexibility index (Phi) is 3.55. The lowest BCUT2D eigenvalue weighted by molar-refractivity contribution is -0.125. The second-order valence-corrected chi connectivity index (χ2v) is 5.12. The molecule has 0 aliphatic carbocycles. The van der Waals surface area contributed by atoms with Gasteiger partial charge in [0, 0.05) is 13.1 Å². The highest BCUT2D eigenvalue weighted by Crippen LogP contribution is 2.18. The Balaban J connectivity index is 2.17. The molecule has 0 radical (unpaired) electrons. The number of hydrogen-bond donors (Lipinski definition) is 1. The van der Waals surface area contributed by atoms with Crippen molar-refractivity contribution < 1.29 is 14.0 Å². The van der Waals surface area contributed by atoms with Gasteiger partial charge in [0.1, 0.15) is 5.82 Å². The summed E-state index contributed by atoms with van der Waals surface area (Å²) in [5.41, 5.74) is 2.00. The standard InChI is InChI=1S/C14H17FN2O2/c1-8-4-11(5-9(2)12(8)15)7-17-6-10(3)13(18)16-14(17)19/h4-5,10H,6-7H2,1-3H3,(H,16,18,19). The second-order valence-electron chi connectivity index (χ2n) is 5.12. The molecule has 3 amide bonds. The Morgan fingerprint density at radius 3 is 2.47 bits per heavy atom. The van der Waals surface area contributed by atoms with Crippen LogP contribution in [0.3, 0.4) is 0 Å². The van der Waals surface area contributed by atoms with Crippen LogP contribution in [0.15, 0.2) is 12.1 Å². The van der Waals surface area contributed by atoms with E-state index in [-0.39, 0.29) is 23.7 Å². The van der Waals surface area contributed by atoms with Crippen molar-refractivity contribution in [3.05, 3.63) is 34.6 Å². The molecule has 0 spiro atoms. The van der Waals surface area contributed by atoms with Gasteiger partial charge in [0.2, 0.25) is 5.91 Å². The van der Waals surface area contributed by atoms with E-state index in [2.05, 4.69) is 5.32 Å². The molecule has 1 atom stereocenters. The van der Waals surface area contributed by atoms with Crippen molar-refractivity contribution in [2.75, 3.05) is 6.54 Å². The van der Waals surface area contributed by atoms with E-state index >= 15 is 0 Å². The Labute approximate surface area is 111 Å². The molecule has 0 aromatic heterocycles. The Morgan fingerprint density at radius 1 is 1.32 bits per heavy atom. The molecule has 1 aromatic rings. The van der Waals surface area contributed by atoms with Gasteiger partial charge in [-0.1, -0.05) is 19.1 Å². The summed E-state index contributed by atoms with van der Waals surface area (Å²) < 4.78 is 13.5. The number of aryl methyl sites for hydroxylation is 2. The molecular formula is C14H17FN2O2. The van der Waals surface area contributed by atoms with Crippen LogP contribution in [0, 0.1) is 25.6 Å². The molecule has 1 aromatic carbocycles. The molecule has 0 bridgehead atoms. The van der Waals surface area contributed by atoms with Crippen LogP contribution in [0.5, 0.6) is 0 Å². The fourth-order valence-electron chi connectivity index (χ4n) is 2.29. The summed E-state index contributed by atoms with van der Waals surface area (Å²) >= 11 is 0. The van der Waals surface area contributed by atoms with Gasteiger partial charge in [0.05, 0.1) is 5.92 Å². The molecule has 19 heavy (non-hydrogen) atoms. The molecule has 4 nitrogen and oxygen atoms in total. The van der Waals surface area contributed by atoms with E-state index in [9.17, 15) is 14.0 Å². The number of urea groups is 1. The maximum absolute atomic E-state index is 13.5. The van der Waals surface area contributed by atoms with Crippen LogP contribution in [-0.4, -0.2) is 23.4 Å². The van der Waals surface area contributed by atoms with E-state index in [1.54, 1.807) is 37.8 Å². The quantitative estimate of drug-likeness (QED) is 0.889. The van der Waals surface area contributed by atoms with Gasteiger partial charge >= 0.3 is 6.03 Å². The zero-order valence-corrected chi connectivity index (χ0v) is 11.3. The average Bonchev–Trinajstić information content (AvgIpc) is 2.33. The van der Waals surface area contributed by atoms with Crippen LogP contribution in [0.25, 0.3) is 0 Å². The Bertz CT molecular complexity index is 519. The molecule has 1 fully saturated rings. The third kappa shape index (κ3) is 2.75. The van der Waals surface area contributed by atoms with Gasteiger partial charge in [-0.25, -0.2) is 9.18 Å². The van der Waals surface area contributed by atoms with Crippen molar-refractivity contribution >= 4 is 11.9 Å². The molecule has 0 saturated carbocycles. The molecule has 1 aliphatic rings. The van der Waals surface area contributed by atoms with Gasteiger partial charge in [-0.2, -0.15) is 0 Å². The van der Waals surface area contributed by atoms with Gasteiger partial charge in [-0.15, -0.1) is 0 Å². The average molecular weight is 264 g/mol. The minimum atomic E-state index is -0.386. The molecule has 2 rings (SSSR count).